The number of carbonyl (C=O) groups is 1. The van der Waals surface area contributed by atoms with E-state index in [1.807, 2.05) is 24.3 Å². The summed E-state index contributed by atoms with van der Waals surface area (Å²) in [4.78, 5) is 13.3. The molecule has 0 fully saturated rings. The zero-order valence-corrected chi connectivity index (χ0v) is 33.2. The highest BCUT2D eigenvalue weighted by Gasteiger charge is 2.02. The fourth-order valence-electron chi connectivity index (χ4n) is 2.88. The van der Waals surface area contributed by atoms with Crippen molar-refractivity contribution in [1.82, 2.24) is 0 Å². The molecule has 0 N–H and O–H groups in total. The van der Waals surface area contributed by atoms with Gasteiger partial charge < -0.3 is 4.90 Å². The van der Waals surface area contributed by atoms with E-state index in [-0.39, 0.29) is 5.78 Å². The molecule has 1 aromatic carbocycles. The summed E-state index contributed by atoms with van der Waals surface area (Å²) in [6.07, 6.45) is 4.94. The number of rotatable bonds is 4. The van der Waals surface area contributed by atoms with Crippen molar-refractivity contribution >= 4 is 11.5 Å². The molecule has 0 saturated heterocycles. The van der Waals surface area contributed by atoms with Crippen LogP contribution in [-0.2, 0) is 0 Å². The van der Waals surface area contributed by atoms with Crippen molar-refractivity contribution < 1.29 is 4.79 Å². The Labute approximate surface area is 363 Å². The summed E-state index contributed by atoms with van der Waals surface area (Å²) in [6.45, 7) is 9.52. The van der Waals surface area contributed by atoms with Crippen molar-refractivity contribution in [2.75, 3.05) is 18.0 Å². The van der Waals surface area contributed by atoms with Crippen molar-refractivity contribution in [2.45, 2.75) is 27.7 Å². The van der Waals surface area contributed by atoms with Gasteiger partial charge in [-0.15, -0.1) is 6.42 Å². The van der Waals surface area contributed by atoms with Crippen molar-refractivity contribution in [3.05, 3.63) is 29.8 Å². The molecule has 0 atom stereocenters. The van der Waals surface area contributed by atoms with Gasteiger partial charge in [-0.25, -0.2) is 0 Å². The second kappa shape index (κ2) is 41.3. The van der Waals surface area contributed by atoms with E-state index in [1.54, 1.807) is 13.8 Å². The van der Waals surface area contributed by atoms with Gasteiger partial charge in [0.1, 0.15) is 0 Å². The van der Waals surface area contributed by atoms with Gasteiger partial charge in [-0.05, 0) is 147 Å². The molecule has 0 aliphatic heterocycles. The van der Waals surface area contributed by atoms with Crippen LogP contribution in [0.5, 0.6) is 0 Å². The number of hydrogen-bond donors (Lipinski definition) is 0. The largest absolute Gasteiger partial charge is 0.372 e. The van der Waals surface area contributed by atoms with Crippen molar-refractivity contribution in [3.63, 3.8) is 0 Å². The number of anilines is 1. The number of terminal acetylenes is 1. The summed E-state index contributed by atoms with van der Waals surface area (Å²) < 4.78 is 0. The molecule has 2 nitrogen and oxygen atoms in total. The lowest BCUT2D eigenvalue weighted by Gasteiger charge is -2.20. The van der Waals surface area contributed by atoms with Crippen LogP contribution in [0.3, 0.4) is 0 Å². The third kappa shape index (κ3) is 35.4. The molecule has 0 bridgehead atoms. The maximum Gasteiger partial charge on any atom is 0.159 e. The van der Waals surface area contributed by atoms with Crippen molar-refractivity contribution in [2.24, 2.45) is 0 Å². The van der Waals surface area contributed by atoms with E-state index < -0.39 is 0 Å². The maximum absolute atomic E-state index is 11.1. The Balaban J connectivity index is 0.00000215. The van der Waals surface area contributed by atoms with Gasteiger partial charge in [0.2, 0.25) is 0 Å². The molecule has 1 aromatic rings. The number of carbonyl (C=O) groups excluding carboxylic acids is 1. The van der Waals surface area contributed by atoms with E-state index in [9.17, 15) is 4.79 Å². The van der Waals surface area contributed by atoms with Gasteiger partial charge in [0.05, 0.1) is 0 Å². The minimum absolute atomic E-state index is 0.121. The van der Waals surface area contributed by atoms with Gasteiger partial charge >= 0.3 is 0 Å². The number of ketones is 1. The molecule has 0 heterocycles. The third-order valence-electron chi connectivity index (χ3n) is 5.22. The fraction of sp³-hybridized carbons (Fsp3) is 0.102. The monoisotopic (exact) mass is 759 g/mol. The van der Waals surface area contributed by atoms with Gasteiger partial charge in [-0.2, -0.15) is 0 Å². The third-order valence-corrected chi connectivity index (χ3v) is 5.22. The second-order valence-corrected chi connectivity index (χ2v) is 9.04. The smallest absolute Gasteiger partial charge is 0.159 e. The molecule has 0 spiro atoms. The highest BCUT2D eigenvalue weighted by atomic mass is 16.1. The molecule has 0 saturated carbocycles. The quantitative estimate of drug-likeness (QED) is 0.347. The van der Waals surface area contributed by atoms with E-state index in [4.69, 9.17) is 6.42 Å². The number of Topliss-reactive ketones (excluding diaryl/α,β-unsaturated/α-hetero) is 1. The summed E-state index contributed by atoms with van der Waals surface area (Å²) in [5.74, 6) is 112. The van der Waals surface area contributed by atoms with Crippen LogP contribution in [0, 0.1) is 273 Å². The van der Waals surface area contributed by atoms with Crippen LogP contribution in [0.15, 0.2) is 24.3 Å². The number of nitrogens with zero attached hydrogens (tertiary/aromatic N) is 1. The summed E-state index contributed by atoms with van der Waals surface area (Å²) in [6, 6.07) is 7.78. The topological polar surface area (TPSA) is 20.3 Å². The van der Waals surface area contributed by atoms with Crippen LogP contribution < -0.4 is 4.90 Å². The molecular weight excluding hydrogens is 739 g/mol. The fourth-order valence-corrected chi connectivity index (χ4v) is 2.88. The molecular formula is C59H21NO. The zero-order valence-electron chi connectivity index (χ0n) is 33.2. The highest BCUT2D eigenvalue weighted by molar-refractivity contribution is 5.94. The minimum Gasteiger partial charge on any atom is -0.372 e. The molecule has 0 amide bonds. The molecule has 2 heteroatoms. The molecule has 0 aromatic heterocycles. The van der Waals surface area contributed by atoms with Gasteiger partial charge in [0, 0.05) is 190 Å². The lowest BCUT2D eigenvalue weighted by atomic mass is 10.1. The lowest BCUT2D eigenvalue weighted by Crippen LogP contribution is -2.21. The Bertz CT molecular complexity index is 3380. The van der Waals surface area contributed by atoms with Crippen LogP contribution in [0.1, 0.15) is 38.1 Å². The molecule has 0 unspecified atom stereocenters. The van der Waals surface area contributed by atoms with Gasteiger partial charge in [-0.3, -0.25) is 4.79 Å². The Morgan fingerprint density at radius 3 is 0.738 bits per heavy atom. The van der Waals surface area contributed by atoms with E-state index in [0.717, 1.165) is 18.7 Å². The van der Waals surface area contributed by atoms with E-state index >= 15 is 0 Å². The maximum atomic E-state index is 11.1. The first-order valence-electron chi connectivity index (χ1n) is 16.8. The minimum atomic E-state index is 0.121. The van der Waals surface area contributed by atoms with Crippen molar-refractivity contribution in [3.8, 4) is 273 Å². The van der Waals surface area contributed by atoms with Crippen LogP contribution in [0.25, 0.3) is 0 Å². The van der Waals surface area contributed by atoms with E-state index in [1.165, 1.54) is 5.69 Å². The van der Waals surface area contributed by atoms with Crippen LogP contribution in [-0.4, -0.2) is 18.9 Å². The normalized spacial score (nSPS) is 5.30. The Kier molecular flexibility index (Phi) is 33.6. The Hall–Kier alpha value is -11.4. The lowest BCUT2D eigenvalue weighted by molar-refractivity contribution is 0.101. The zero-order chi connectivity index (χ0) is 44.4. The van der Waals surface area contributed by atoms with Crippen LogP contribution >= 0.6 is 0 Å². The molecule has 0 radical (unpaired) electrons. The number of hydrogen-bond acceptors (Lipinski definition) is 2. The van der Waals surface area contributed by atoms with Crippen molar-refractivity contribution in [1.29, 1.82) is 0 Å². The molecule has 0 aliphatic carbocycles. The molecule has 61 heavy (non-hydrogen) atoms. The van der Waals surface area contributed by atoms with E-state index in [0.29, 0.717) is 0 Å². The summed E-state index contributed by atoms with van der Waals surface area (Å²) >= 11 is 0. The first kappa shape index (κ1) is 49.6. The van der Waals surface area contributed by atoms with E-state index in [2.05, 4.69) is 285 Å². The summed E-state index contributed by atoms with van der Waals surface area (Å²) in [5, 5.41) is 0. The SMILES string of the molecule is C#CC#CC#CC#CC#CC#CC#CC#CC#CC#CC#CC#CC#CC#CC#CC#CC#CC#CC#CC#CC#CC#CC#CC.CCN(CC)c1ccc(C(C)=O)cc1. The molecule has 1 rings (SSSR count). The second-order valence-electron chi connectivity index (χ2n) is 9.04. The van der Waals surface area contributed by atoms with Gasteiger partial charge in [-0.1, -0.05) is 5.92 Å². The summed E-state index contributed by atoms with van der Waals surface area (Å²) in [5.41, 5.74) is 1.96. The van der Waals surface area contributed by atoms with Gasteiger partial charge in [0.25, 0.3) is 0 Å². The number of benzene rings is 1. The predicted octanol–water partition coefficient (Wildman–Crippen LogP) is 3.45. The summed E-state index contributed by atoms with van der Waals surface area (Å²) in [7, 11) is 0. The highest BCUT2D eigenvalue weighted by Crippen LogP contribution is 2.14. The van der Waals surface area contributed by atoms with Crippen LogP contribution in [0.2, 0.25) is 0 Å². The molecule has 268 valence electrons. The average molecular weight is 760 g/mol. The Morgan fingerprint density at radius 2 is 0.574 bits per heavy atom. The first-order valence-corrected chi connectivity index (χ1v) is 16.8. The Morgan fingerprint density at radius 1 is 0.377 bits per heavy atom. The first-order chi connectivity index (χ1) is 30.1. The van der Waals surface area contributed by atoms with Gasteiger partial charge in [0.15, 0.2) is 5.78 Å². The van der Waals surface area contributed by atoms with Crippen LogP contribution in [0.4, 0.5) is 5.69 Å². The average Bonchev–Trinajstić information content (AvgIpc) is 3.27. The molecule has 0 aliphatic rings. The predicted molar refractivity (Wildman–Crippen MR) is 246 cm³/mol. The standard InChI is InChI=1S/C47H4.C12H17NO/c1-3-5-7-9-11-13-15-17-19-21-23-25-27-29-31-33-35-37-39-41-43-45-47-46-44-42-40-38-36-34-32-30-28-26-24-22-20-18-16-14-12-10-8-6-4-2;1-4-13(5-2)12-8-6-11(7-9-12)10(3)14/h1H,2H3;6-9H,4-5H2,1-3H3.